The number of aromatic nitrogens is 4. The van der Waals surface area contributed by atoms with Crippen LogP contribution in [0.2, 0.25) is 0 Å². The molecule has 2 aromatic carbocycles. The molecule has 4 atom stereocenters. The number of imidazole rings is 2. The second-order valence-corrected chi connectivity index (χ2v) is 13.6. The first-order valence-electron chi connectivity index (χ1n) is 18.3. The Morgan fingerprint density at radius 1 is 0.755 bits per heavy atom. The third-order valence-corrected chi connectivity index (χ3v) is 10.1. The zero-order valence-electron chi connectivity index (χ0n) is 30.9. The number of rotatable bonds is 11. The molecule has 4 aromatic rings. The lowest BCUT2D eigenvalue weighted by atomic mass is 10.00. The number of nitrogens with one attached hydrogen (secondary N) is 4. The standard InChI is InChI=1S/C39H48N8O6/c1-6-9-29-33(45-35(43-29)32-11-8-21-47(32)37(49)24(3)42-39(51)53-5)28-18-14-26(15-19-28)25-12-16-27(17-13-25)30-22-40-34(44-30)31-10-7-20-46(31)36(48)23(2)41-38(50)52-4/h12-19,22-24,31-32H,6-11,20-21H2,1-5H3,(H,40,44)(H,41,50)(H,42,51)(H,43,45)/t23-,24-,31-,32-/m0/s1. The van der Waals surface area contributed by atoms with E-state index in [4.69, 9.17) is 4.98 Å². The van der Waals surface area contributed by atoms with E-state index in [1.807, 2.05) is 0 Å². The number of aryl methyl sites for hydroxylation is 1. The molecule has 0 saturated carbocycles. The summed E-state index contributed by atoms with van der Waals surface area (Å²) in [6.07, 6.45) is 5.56. The Balaban J connectivity index is 1.14. The minimum absolute atomic E-state index is 0.162. The number of nitrogens with zero attached hydrogens (tertiary/aromatic N) is 4. The third-order valence-electron chi connectivity index (χ3n) is 10.1. The average molecular weight is 725 g/mol. The minimum atomic E-state index is -0.709. The van der Waals surface area contributed by atoms with Gasteiger partial charge in [0.25, 0.3) is 0 Å². The van der Waals surface area contributed by atoms with Crippen LogP contribution in [0.5, 0.6) is 0 Å². The fourth-order valence-electron chi connectivity index (χ4n) is 7.29. The van der Waals surface area contributed by atoms with Crippen LogP contribution in [0.15, 0.2) is 54.7 Å². The summed E-state index contributed by atoms with van der Waals surface area (Å²) in [6.45, 7) is 6.64. The molecule has 14 nitrogen and oxygen atoms in total. The molecule has 6 rings (SSSR count). The number of alkyl carbamates (subject to hydrolysis) is 2. The first kappa shape index (κ1) is 37.1. The van der Waals surface area contributed by atoms with Crippen molar-refractivity contribution in [3.05, 3.63) is 72.1 Å². The van der Waals surface area contributed by atoms with Crippen molar-refractivity contribution < 1.29 is 28.7 Å². The number of ether oxygens (including phenoxy) is 2. The number of likely N-dealkylation sites (tertiary alicyclic amines) is 2. The highest BCUT2D eigenvalue weighted by molar-refractivity contribution is 5.86. The fourth-order valence-corrected chi connectivity index (χ4v) is 7.29. The number of benzene rings is 2. The maximum Gasteiger partial charge on any atom is 0.407 e. The van der Waals surface area contributed by atoms with Crippen LogP contribution < -0.4 is 10.6 Å². The lowest BCUT2D eigenvalue weighted by molar-refractivity contribution is -0.134. The molecule has 53 heavy (non-hydrogen) atoms. The van der Waals surface area contributed by atoms with Crippen molar-refractivity contribution in [1.82, 2.24) is 40.4 Å². The number of carbonyl (C=O) groups excluding carboxylic acids is 4. The van der Waals surface area contributed by atoms with Crippen molar-refractivity contribution in [2.24, 2.45) is 0 Å². The zero-order chi connectivity index (χ0) is 37.6. The monoisotopic (exact) mass is 724 g/mol. The molecule has 0 bridgehead atoms. The van der Waals surface area contributed by atoms with E-state index >= 15 is 0 Å². The van der Waals surface area contributed by atoms with Gasteiger partial charge >= 0.3 is 12.2 Å². The van der Waals surface area contributed by atoms with Gasteiger partial charge in [-0.05, 0) is 62.6 Å². The number of methoxy groups -OCH3 is 2. The fraction of sp³-hybridized carbons (Fsp3) is 0.436. The van der Waals surface area contributed by atoms with Gasteiger partial charge in [0.1, 0.15) is 23.7 Å². The van der Waals surface area contributed by atoms with Crippen molar-refractivity contribution in [3.8, 4) is 33.6 Å². The molecule has 14 heteroatoms. The van der Waals surface area contributed by atoms with Crippen molar-refractivity contribution in [2.45, 2.75) is 83.5 Å². The molecule has 280 valence electrons. The van der Waals surface area contributed by atoms with Crippen molar-refractivity contribution in [2.75, 3.05) is 27.3 Å². The van der Waals surface area contributed by atoms with E-state index in [0.717, 1.165) is 89.5 Å². The van der Waals surface area contributed by atoms with Crippen LogP contribution in [0.1, 0.15) is 82.3 Å². The summed E-state index contributed by atoms with van der Waals surface area (Å²) in [5.41, 5.74) is 6.87. The highest BCUT2D eigenvalue weighted by Gasteiger charge is 2.36. The minimum Gasteiger partial charge on any atom is -0.453 e. The lowest BCUT2D eigenvalue weighted by Gasteiger charge is -2.26. The van der Waals surface area contributed by atoms with E-state index in [1.165, 1.54) is 14.2 Å². The summed E-state index contributed by atoms with van der Waals surface area (Å²) >= 11 is 0. The maximum atomic E-state index is 13.3. The molecule has 0 aliphatic carbocycles. The van der Waals surface area contributed by atoms with Gasteiger partial charge in [0.15, 0.2) is 0 Å². The molecule has 0 radical (unpaired) electrons. The Morgan fingerprint density at radius 2 is 1.25 bits per heavy atom. The number of hydrogen-bond donors (Lipinski definition) is 4. The Morgan fingerprint density at radius 3 is 1.75 bits per heavy atom. The van der Waals surface area contributed by atoms with Gasteiger partial charge in [-0.25, -0.2) is 19.6 Å². The first-order valence-corrected chi connectivity index (χ1v) is 18.3. The number of amides is 4. The molecule has 0 unspecified atom stereocenters. The Labute approximate surface area is 309 Å². The van der Waals surface area contributed by atoms with Gasteiger partial charge in [-0.15, -0.1) is 0 Å². The van der Waals surface area contributed by atoms with E-state index in [2.05, 4.69) is 90.5 Å². The van der Waals surface area contributed by atoms with Gasteiger partial charge in [-0.1, -0.05) is 61.9 Å². The number of hydrogen-bond acceptors (Lipinski definition) is 8. The Hall–Kier alpha value is -5.66. The van der Waals surface area contributed by atoms with Gasteiger partial charge in [0.05, 0.1) is 43.9 Å². The van der Waals surface area contributed by atoms with Gasteiger partial charge in [0.2, 0.25) is 11.8 Å². The first-order chi connectivity index (χ1) is 25.6. The second kappa shape index (κ2) is 16.3. The van der Waals surface area contributed by atoms with Crippen LogP contribution in [0.4, 0.5) is 9.59 Å². The molecular formula is C39H48N8O6. The summed E-state index contributed by atoms with van der Waals surface area (Å²) < 4.78 is 9.32. The summed E-state index contributed by atoms with van der Waals surface area (Å²) in [6, 6.07) is 14.8. The Kier molecular flexibility index (Phi) is 11.4. The quantitative estimate of drug-likeness (QED) is 0.148. The molecule has 2 fully saturated rings. The zero-order valence-corrected chi connectivity index (χ0v) is 30.9. The molecule has 4 heterocycles. The van der Waals surface area contributed by atoms with E-state index in [0.29, 0.717) is 13.1 Å². The largest absolute Gasteiger partial charge is 0.453 e. The van der Waals surface area contributed by atoms with Crippen molar-refractivity contribution >= 4 is 24.0 Å². The predicted octanol–water partition coefficient (Wildman–Crippen LogP) is 5.90. The van der Waals surface area contributed by atoms with E-state index in [-0.39, 0.29) is 23.9 Å². The molecule has 2 aliphatic heterocycles. The topological polar surface area (TPSA) is 175 Å². The van der Waals surface area contributed by atoms with Gasteiger partial charge in [0, 0.05) is 24.3 Å². The smallest absolute Gasteiger partial charge is 0.407 e. The maximum absolute atomic E-state index is 13.3. The molecule has 0 spiro atoms. The normalized spacial score (nSPS) is 18.1. The molecular weight excluding hydrogens is 676 g/mol. The number of carbonyl (C=O) groups is 4. The highest BCUT2D eigenvalue weighted by Crippen LogP contribution is 2.35. The second-order valence-electron chi connectivity index (χ2n) is 13.6. The van der Waals surface area contributed by atoms with Gasteiger partial charge < -0.3 is 39.9 Å². The molecule has 2 saturated heterocycles. The van der Waals surface area contributed by atoms with Crippen LogP contribution in [-0.4, -0.2) is 93.1 Å². The van der Waals surface area contributed by atoms with Crippen LogP contribution in [-0.2, 0) is 25.5 Å². The third kappa shape index (κ3) is 8.06. The summed E-state index contributed by atoms with van der Waals surface area (Å²) in [5.74, 6) is 1.15. The van der Waals surface area contributed by atoms with E-state index in [1.54, 1.807) is 29.8 Å². The van der Waals surface area contributed by atoms with Crippen LogP contribution in [0.25, 0.3) is 33.6 Å². The van der Waals surface area contributed by atoms with Crippen LogP contribution >= 0.6 is 0 Å². The molecule has 2 aromatic heterocycles. The molecule has 4 amide bonds. The number of aromatic amines is 2. The summed E-state index contributed by atoms with van der Waals surface area (Å²) in [5, 5.41) is 5.14. The molecule has 4 N–H and O–H groups in total. The summed E-state index contributed by atoms with van der Waals surface area (Å²) in [4.78, 5) is 70.0. The highest BCUT2D eigenvalue weighted by atomic mass is 16.5. The molecule has 2 aliphatic rings. The van der Waals surface area contributed by atoms with E-state index in [9.17, 15) is 19.2 Å². The average Bonchev–Trinajstić information content (AvgIpc) is 4.01. The summed E-state index contributed by atoms with van der Waals surface area (Å²) in [7, 11) is 2.55. The van der Waals surface area contributed by atoms with Gasteiger partial charge in [-0.2, -0.15) is 0 Å². The number of H-pyrrole nitrogens is 2. The van der Waals surface area contributed by atoms with Crippen molar-refractivity contribution in [1.29, 1.82) is 0 Å². The van der Waals surface area contributed by atoms with Crippen LogP contribution in [0.3, 0.4) is 0 Å². The lowest BCUT2D eigenvalue weighted by Crippen LogP contribution is -2.46. The predicted molar refractivity (Wildman–Crippen MR) is 198 cm³/mol. The van der Waals surface area contributed by atoms with Crippen LogP contribution in [0, 0.1) is 0 Å². The van der Waals surface area contributed by atoms with E-state index < -0.39 is 24.3 Å². The Bertz CT molecular complexity index is 1920. The SMILES string of the molecule is CCCc1[nH]c([C@@H]2CCCN2C(=O)[C@H](C)NC(=O)OC)nc1-c1ccc(-c2ccc(-c3cnc([C@@H]4CCCN4C(=O)[C@H](C)NC(=O)OC)[nH]3)cc2)cc1. The van der Waals surface area contributed by atoms with Crippen molar-refractivity contribution in [3.63, 3.8) is 0 Å². The van der Waals surface area contributed by atoms with Gasteiger partial charge in [-0.3, -0.25) is 9.59 Å².